The van der Waals surface area contributed by atoms with E-state index in [0.29, 0.717) is 0 Å². The lowest BCUT2D eigenvalue weighted by Gasteiger charge is -2.16. The van der Waals surface area contributed by atoms with E-state index in [9.17, 15) is 13.2 Å². The first-order chi connectivity index (χ1) is 6.32. The van der Waals surface area contributed by atoms with Crippen LogP contribution < -0.4 is 5.73 Å². The minimum Gasteiger partial charge on any atom is -0.506 e. The zero-order valence-electron chi connectivity index (χ0n) is 7.25. The molecule has 0 bridgehead atoms. The summed E-state index contributed by atoms with van der Waals surface area (Å²) in [5.74, 6) is -0.273. The number of benzene rings is 1. The Labute approximate surface area is 95.2 Å². The second-order valence-electron chi connectivity index (χ2n) is 2.73. The smallest absolute Gasteiger partial charge is 0.407 e. The van der Waals surface area contributed by atoms with E-state index in [4.69, 9.17) is 22.4 Å². The molecule has 1 rings (SSSR count). The fourth-order valence-corrected chi connectivity index (χ4v) is 1.09. The number of nitrogens with two attached hydrogens (primary N) is 1. The highest BCUT2D eigenvalue weighted by Crippen LogP contribution is 2.33. The molecule has 15 heavy (non-hydrogen) atoms. The Morgan fingerprint density at radius 3 is 2.27 bits per heavy atom. The SMILES string of the molecule is Cl.N[C@@H](c1ccc(O)c(Cl)c1)C(F)(F)F. The second-order valence-corrected chi connectivity index (χ2v) is 3.14. The van der Waals surface area contributed by atoms with E-state index in [2.05, 4.69) is 0 Å². The van der Waals surface area contributed by atoms with Crippen molar-refractivity contribution >= 4 is 24.0 Å². The molecule has 0 aliphatic rings. The Kier molecular flexibility index (Phi) is 4.70. The number of halogens is 5. The Morgan fingerprint density at radius 1 is 1.33 bits per heavy atom. The summed E-state index contributed by atoms with van der Waals surface area (Å²) in [6.07, 6.45) is -4.51. The Bertz CT molecular complexity index is 343. The first-order valence-corrected chi connectivity index (χ1v) is 4.01. The van der Waals surface area contributed by atoms with Crippen molar-refractivity contribution in [1.29, 1.82) is 0 Å². The molecule has 0 aromatic heterocycles. The van der Waals surface area contributed by atoms with Gasteiger partial charge in [-0.05, 0) is 17.7 Å². The van der Waals surface area contributed by atoms with Crippen LogP contribution >= 0.6 is 24.0 Å². The quantitative estimate of drug-likeness (QED) is 0.817. The van der Waals surface area contributed by atoms with Crippen LogP contribution in [0.1, 0.15) is 11.6 Å². The molecule has 0 fully saturated rings. The Hall–Kier alpha value is -0.650. The summed E-state index contributed by atoms with van der Waals surface area (Å²) in [4.78, 5) is 0. The Morgan fingerprint density at radius 2 is 1.87 bits per heavy atom. The van der Waals surface area contributed by atoms with Crippen LogP contribution in [0.5, 0.6) is 5.75 Å². The van der Waals surface area contributed by atoms with Gasteiger partial charge in [0.25, 0.3) is 0 Å². The molecule has 1 atom stereocenters. The summed E-state index contributed by atoms with van der Waals surface area (Å²) in [6, 6.07) is 1.07. The van der Waals surface area contributed by atoms with E-state index >= 15 is 0 Å². The van der Waals surface area contributed by atoms with Crippen molar-refractivity contribution in [3.63, 3.8) is 0 Å². The van der Waals surface area contributed by atoms with Gasteiger partial charge in [0.2, 0.25) is 0 Å². The van der Waals surface area contributed by atoms with Gasteiger partial charge in [-0.2, -0.15) is 13.2 Å². The van der Waals surface area contributed by atoms with Gasteiger partial charge < -0.3 is 10.8 Å². The summed E-state index contributed by atoms with van der Waals surface area (Å²) >= 11 is 5.44. The highest BCUT2D eigenvalue weighted by molar-refractivity contribution is 6.32. The number of phenolic OH excluding ortho intramolecular Hbond substituents is 1. The third kappa shape index (κ3) is 3.44. The molecule has 0 spiro atoms. The summed E-state index contributed by atoms with van der Waals surface area (Å²) in [5.41, 5.74) is 4.75. The number of phenols is 1. The predicted molar refractivity (Wildman–Crippen MR) is 53.3 cm³/mol. The monoisotopic (exact) mass is 261 g/mol. The fourth-order valence-electron chi connectivity index (χ4n) is 0.906. The van der Waals surface area contributed by atoms with E-state index < -0.39 is 12.2 Å². The minimum absolute atomic E-state index is 0. The summed E-state index contributed by atoms with van der Waals surface area (Å²) in [5, 5.41) is 8.82. The molecule has 0 aliphatic heterocycles. The number of hydrogen-bond donors (Lipinski definition) is 2. The molecular weight excluding hydrogens is 254 g/mol. The molecule has 1 aromatic carbocycles. The van der Waals surface area contributed by atoms with Gasteiger partial charge in [-0.1, -0.05) is 17.7 Å². The summed E-state index contributed by atoms with van der Waals surface area (Å²) in [6.45, 7) is 0. The van der Waals surface area contributed by atoms with Crippen LogP contribution in [-0.2, 0) is 0 Å². The summed E-state index contributed by atoms with van der Waals surface area (Å²) in [7, 11) is 0. The maximum Gasteiger partial charge on any atom is 0.407 e. The topological polar surface area (TPSA) is 46.2 Å². The van der Waals surface area contributed by atoms with Crippen LogP contribution in [0.4, 0.5) is 13.2 Å². The van der Waals surface area contributed by atoms with Crippen molar-refractivity contribution in [3.8, 4) is 5.75 Å². The molecule has 0 saturated heterocycles. The first kappa shape index (κ1) is 14.3. The van der Waals surface area contributed by atoms with Gasteiger partial charge in [0.15, 0.2) is 0 Å². The molecule has 2 nitrogen and oxygen atoms in total. The van der Waals surface area contributed by atoms with Crippen LogP contribution in [0.15, 0.2) is 18.2 Å². The fraction of sp³-hybridized carbons (Fsp3) is 0.250. The van der Waals surface area contributed by atoms with Gasteiger partial charge in [0, 0.05) is 0 Å². The third-order valence-electron chi connectivity index (χ3n) is 1.68. The van der Waals surface area contributed by atoms with Crippen molar-refractivity contribution in [1.82, 2.24) is 0 Å². The van der Waals surface area contributed by atoms with Crippen molar-refractivity contribution in [2.24, 2.45) is 5.73 Å². The van der Waals surface area contributed by atoms with E-state index in [1.54, 1.807) is 0 Å². The zero-order valence-corrected chi connectivity index (χ0v) is 8.83. The van der Waals surface area contributed by atoms with Gasteiger partial charge in [-0.25, -0.2) is 0 Å². The van der Waals surface area contributed by atoms with Gasteiger partial charge in [-0.15, -0.1) is 12.4 Å². The minimum atomic E-state index is -4.51. The highest BCUT2D eigenvalue weighted by atomic mass is 35.5. The van der Waals surface area contributed by atoms with Gasteiger partial charge in [0.05, 0.1) is 5.02 Å². The van der Waals surface area contributed by atoms with Gasteiger partial charge in [-0.3, -0.25) is 0 Å². The number of hydrogen-bond acceptors (Lipinski definition) is 2. The molecule has 1 aromatic rings. The third-order valence-corrected chi connectivity index (χ3v) is 1.99. The molecule has 0 heterocycles. The molecule has 0 aliphatic carbocycles. The second kappa shape index (κ2) is 4.92. The number of rotatable bonds is 1. The lowest BCUT2D eigenvalue weighted by atomic mass is 10.1. The molecule has 3 N–H and O–H groups in total. The van der Waals surface area contributed by atoms with Crippen molar-refractivity contribution in [2.75, 3.05) is 0 Å². The molecule has 0 saturated carbocycles. The lowest BCUT2D eigenvalue weighted by molar-refractivity contribution is -0.149. The average molecular weight is 262 g/mol. The van der Waals surface area contributed by atoms with E-state index in [-0.39, 0.29) is 28.7 Å². The van der Waals surface area contributed by atoms with Gasteiger partial charge in [0.1, 0.15) is 11.8 Å². The predicted octanol–water partition coefficient (Wildman–Crippen LogP) is 3.03. The van der Waals surface area contributed by atoms with Crippen LogP contribution in [0.2, 0.25) is 5.02 Å². The lowest BCUT2D eigenvalue weighted by Crippen LogP contribution is -2.28. The number of alkyl halides is 3. The molecule has 0 radical (unpaired) electrons. The van der Waals surface area contributed by atoms with E-state index in [0.717, 1.165) is 18.2 Å². The van der Waals surface area contributed by atoms with Gasteiger partial charge >= 0.3 is 6.18 Å². The normalized spacial score (nSPS) is 13.1. The van der Waals surface area contributed by atoms with Crippen LogP contribution in [0, 0.1) is 0 Å². The maximum absolute atomic E-state index is 12.1. The molecule has 86 valence electrons. The van der Waals surface area contributed by atoms with E-state index in [1.165, 1.54) is 0 Å². The van der Waals surface area contributed by atoms with Crippen molar-refractivity contribution < 1.29 is 18.3 Å². The standard InChI is InChI=1S/C8H7ClF3NO.ClH/c9-5-3-4(1-2-6(5)14)7(13)8(10,11)12;/h1-3,7,14H,13H2;1H/t7-;/m0./s1. The van der Waals surface area contributed by atoms with Crippen LogP contribution in [0.25, 0.3) is 0 Å². The zero-order chi connectivity index (χ0) is 10.9. The van der Waals surface area contributed by atoms with E-state index in [1.807, 2.05) is 0 Å². The number of aromatic hydroxyl groups is 1. The molecule has 7 heteroatoms. The average Bonchev–Trinajstić information content (AvgIpc) is 2.07. The van der Waals surface area contributed by atoms with Crippen LogP contribution in [0.3, 0.4) is 0 Å². The highest BCUT2D eigenvalue weighted by Gasteiger charge is 2.37. The molecular formula is C8H8Cl2F3NO. The first-order valence-electron chi connectivity index (χ1n) is 3.63. The summed E-state index contributed by atoms with van der Waals surface area (Å²) < 4.78 is 36.4. The Balaban J connectivity index is 0.00000196. The van der Waals surface area contributed by atoms with Crippen LogP contribution in [-0.4, -0.2) is 11.3 Å². The largest absolute Gasteiger partial charge is 0.506 e. The molecule has 0 amide bonds. The van der Waals surface area contributed by atoms with Crippen molar-refractivity contribution in [3.05, 3.63) is 28.8 Å². The molecule has 0 unspecified atom stereocenters. The maximum atomic E-state index is 12.1. The van der Waals surface area contributed by atoms with Crippen molar-refractivity contribution in [2.45, 2.75) is 12.2 Å².